The molecule has 0 aliphatic carbocycles. The molecule has 3 atom stereocenters. The van der Waals surface area contributed by atoms with E-state index < -0.39 is 17.6 Å². The third kappa shape index (κ3) is 16.9. The number of hydrogen-bond donors (Lipinski definition) is 1. The minimum absolute atomic E-state index is 0.0483. The summed E-state index contributed by atoms with van der Waals surface area (Å²) in [4.78, 5) is 24.7. The van der Waals surface area contributed by atoms with Crippen LogP contribution >= 0.6 is 0 Å². The first-order valence-electron chi connectivity index (χ1n) is 14.9. The molecular weight excluding hydrogens is 482 g/mol. The van der Waals surface area contributed by atoms with Gasteiger partial charge in [0.05, 0.1) is 0 Å². The Balaban J connectivity index is 0. The third-order valence-electron chi connectivity index (χ3n) is 6.57. The molecule has 1 amide bonds. The van der Waals surface area contributed by atoms with Gasteiger partial charge in [-0.3, -0.25) is 4.79 Å². The van der Waals surface area contributed by atoms with E-state index in [2.05, 4.69) is 58.7 Å². The molecule has 4 nitrogen and oxygen atoms in total. The maximum Gasteiger partial charge on any atom is 0.219 e. The highest BCUT2D eigenvalue weighted by Crippen LogP contribution is 2.26. The summed E-state index contributed by atoms with van der Waals surface area (Å²) in [5.74, 6) is -1.81. The van der Waals surface area contributed by atoms with Gasteiger partial charge in [-0.25, -0.2) is 8.78 Å². The average molecular weight is 541 g/mol. The Hall–Kier alpha value is -1.82. The summed E-state index contributed by atoms with van der Waals surface area (Å²) in [5, 5.41) is 2.39. The zero-order valence-corrected chi connectivity index (χ0v) is 26.0. The molecule has 0 spiro atoms. The highest BCUT2D eigenvalue weighted by molar-refractivity contribution is 5.76. The topological polar surface area (TPSA) is 49.4 Å². The fourth-order valence-electron chi connectivity index (χ4n) is 4.33. The average Bonchev–Trinajstić information content (AvgIpc) is 2.88. The maximum atomic E-state index is 13.7. The highest BCUT2D eigenvalue weighted by atomic mass is 19.1. The SMILES string of the molecule is CCC.CCCC(CCC(C)CC)N(CCC)CCC.CNC(=O)CC[C@@H](C=O)c1c(F)cc(C)cc1F. The highest BCUT2D eigenvalue weighted by Gasteiger charge is 2.21. The van der Waals surface area contributed by atoms with Gasteiger partial charge >= 0.3 is 0 Å². The van der Waals surface area contributed by atoms with Crippen molar-refractivity contribution in [3.63, 3.8) is 0 Å². The smallest absolute Gasteiger partial charge is 0.219 e. The summed E-state index contributed by atoms with van der Waals surface area (Å²) in [6, 6.07) is 3.19. The predicted octanol–water partition coefficient (Wildman–Crippen LogP) is 8.60. The van der Waals surface area contributed by atoms with Crippen molar-refractivity contribution in [1.29, 1.82) is 0 Å². The molecular formula is C32H58F2N2O2. The van der Waals surface area contributed by atoms with Crippen LogP contribution in [0.5, 0.6) is 0 Å². The Morgan fingerprint density at radius 3 is 1.84 bits per heavy atom. The van der Waals surface area contributed by atoms with E-state index in [9.17, 15) is 18.4 Å². The van der Waals surface area contributed by atoms with Gasteiger partial charge in [0.1, 0.15) is 17.9 Å². The van der Waals surface area contributed by atoms with Crippen molar-refractivity contribution in [2.75, 3.05) is 20.1 Å². The lowest BCUT2D eigenvalue weighted by Crippen LogP contribution is -2.36. The van der Waals surface area contributed by atoms with E-state index in [1.807, 2.05) is 0 Å². The molecule has 1 N–H and O–H groups in total. The third-order valence-corrected chi connectivity index (χ3v) is 6.57. The number of nitrogens with zero attached hydrogens (tertiary/aromatic N) is 1. The number of amides is 1. The van der Waals surface area contributed by atoms with Crippen LogP contribution in [0, 0.1) is 24.5 Å². The molecule has 0 heterocycles. The summed E-state index contributed by atoms with van der Waals surface area (Å²) < 4.78 is 27.3. The number of aldehydes is 1. The number of carbonyl (C=O) groups excluding carboxylic acids is 2. The quantitative estimate of drug-likeness (QED) is 0.214. The van der Waals surface area contributed by atoms with E-state index in [4.69, 9.17) is 0 Å². The summed E-state index contributed by atoms with van der Waals surface area (Å²) in [6.07, 6.45) is 11.3. The Morgan fingerprint density at radius 1 is 0.921 bits per heavy atom. The first-order chi connectivity index (χ1) is 18.1. The van der Waals surface area contributed by atoms with Crippen molar-refractivity contribution >= 4 is 12.2 Å². The van der Waals surface area contributed by atoms with Gasteiger partial charge in [-0.05, 0) is 82.2 Å². The molecule has 0 saturated carbocycles. The standard InChI is InChI=1S/C16H35N.C13H15F2NO2.C3H8/c1-6-10-16(12-11-15(5)9-4)17(13-7-2)14-8-3;1-8-5-10(14)13(11(15)6-8)9(7-17)3-4-12(18)16-2;1-3-2/h15-16H,6-14H2,1-5H3;5-7,9H,3-4H2,1-2H3,(H,16,18);3H2,1-2H3/t;9-;/m.0./s1. The van der Waals surface area contributed by atoms with Gasteiger partial charge in [-0.1, -0.05) is 67.7 Å². The lowest BCUT2D eigenvalue weighted by molar-refractivity contribution is -0.120. The Morgan fingerprint density at radius 2 is 1.45 bits per heavy atom. The van der Waals surface area contributed by atoms with Crippen LogP contribution in [0.4, 0.5) is 8.78 Å². The van der Waals surface area contributed by atoms with Crippen LogP contribution in [-0.4, -0.2) is 43.3 Å². The van der Waals surface area contributed by atoms with Gasteiger partial charge in [0.25, 0.3) is 0 Å². The lowest BCUT2D eigenvalue weighted by atomic mass is 9.93. The van der Waals surface area contributed by atoms with Crippen molar-refractivity contribution in [3.05, 3.63) is 34.9 Å². The van der Waals surface area contributed by atoms with Crippen LogP contribution in [0.3, 0.4) is 0 Å². The van der Waals surface area contributed by atoms with Crippen LogP contribution in [-0.2, 0) is 9.59 Å². The molecule has 222 valence electrons. The van der Waals surface area contributed by atoms with Crippen LogP contribution < -0.4 is 5.32 Å². The van der Waals surface area contributed by atoms with Crippen LogP contribution in [0.25, 0.3) is 0 Å². The monoisotopic (exact) mass is 540 g/mol. The van der Waals surface area contributed by atoms with Gasteiger partial charge in [0.2, 0.25) is 5.91 Å². The molecule has 0 bridgehead atoms. The van der Waals surface area contributed by atoms with Gasteiger partial charge in [-0.15, -0.1) is 0 Å². The van der Waals surface area contributed by atoms with Crippen molar-refractivity contribution in [2.45, 2.75) is 132 Å². The number of rotatable bonds is 16. The fourth-order valence-corrected chi connectivity index (χ4v) is 4.33. The first kappa shape index (κ1) is 38.3. The minimum atomic E-state index is -0.942. The van der Waals surface area contributed by atoms with E-state index in [-0.39, 0.29) is 24.3 Å². The number of hydrogen-bond acceptors (Lipinski definition) is 3. The molecule has 0 fully saturated rings. The van der Waals surface area contributed by atoms with E-state index in [0.29, 0.717) is 11.8 Å². The second-order valence-electron chi connectivity index (χ2n) is 10.4. The molecule has 1 aromatic carbocycles. The van der Waals surface area contributed by atoms with E-state index >= 15 is 0 Å². The van der Waals surface area contributed by atoms with Crippen LogP contribution in [0.1, 0.15) is 130 Å². The summed E-state index contributed by atoms with van der Waals surface area (Å²) in [7, 11) is 1.46. The second-order valence-corrected chi connectivity index (χ2v) is 10.4. The van der Waals surface area contributed by atoms with Crippen molar-refractivity contribution in [1.82, 2.24) is 10.2 Å². The molecule has 1 rings (SSSR count). The summed E-state index contributed by atoms with van der Waals surface area (Å²) >= 11 is 0. The Kier molecular flexibility index (Phi) is 24.4. The molecule has 0 aliphatic heterocycles. The van der Waals surface area contributed by atoms with Gasteiger partial charge in [0.15, 0.2) is 0 Å². The molecule has 1 aromatic rings. The largest absolute Gasteiger partial charge is 0.359 e. The van der Waals surface area contributed by atoms with Crippen molar-refractivity contribution in [3.8, 4) is 0 Å². The molecule has 6 heteroatoms. The summed E-state index contributed by atoms with van der Waals surface area (Å²) in [6.45, 7) is 20.0. The normalized spacial score (nSPS) is 12.9. The molecule has 38 heavy (non-hydrogen) atoms. The van der Waals surface area contributed by atoms with E-state index in [0.717, 1.165) is 12.0 Å². The van der Waals surface area contributed by atoms with Gasteiger partial charge in [-0.2, -0.15) is 0 Å². The fraction of sp³-hybridized carbons (Fsp3) is 0.750. The molecule has 0 aliphatic rings. The Labute approximate surface area is 233 Å². The van der Waals surface area contributed by atoms with Crippen molar-refractivity contribution < 1.29 is 18.4 Å². The van der Waals surface area contributed by atoms with Crippen molar-refractivity contribution in [2.24, 2.45) is 5.92 Å². The van der Waals surface area contributed by atoms with Crippen LogP contribution in [0.15, 0.2) is 12.1 Å². The van der Waals surface area contributed by atoms with Gasteiger partial charge < -0.3 is 15.0 Å². The van der Waals surface area contributed by atoms with Gasteiger partial charge in [0, 0.05) is 31.0 Å². The first-order valence-corrected chi connectivity index (χ1v) is 14.9. The van der Waals surface area contributed by atoms with E-state index in [1.54, 1.807) is 6.92 Å². The van der Waals surface area contributed by atoms with E-state index in [1.165, 1.54) is 83.6 Å². The number of benzene rings is 1. The number of halogens is 2. The zero-order valence-electron chi connectivity index (χ0n) is 26.0. The second kappa shape index (κ2) is 24.2. The minimum Gasteiger partial charge on any atom is -0.359 e. The number of nitrogens with one attached hydrogen (secondary N) is 1. The number of carbonyl (C=O) groups is 2. The lowest BCUT2D eigenvalue weighted by Gasteiger charge is -2.32. The molecule has 0 saturated heterocycles. The van der Waals surface area contributed by atoms with Crippen LogP contribution in [0.2, 0.25) is 0 Å². The maximum absolute atomic E-state index is 13.7. The number of aryl methyl sites for hydroxylation is 1. The zero-order chi connectivity index (χ0) is 29.5. The Bertz CT molecular complexity index is 713. The molecule has 0 aromatic heterocycles. The molecule has 0 radical (unpaired) electrons. The molecule has 2 unspecified atom stereocenters. The predicted molar refractivity (Wildman–Crippen MR) is 159 cm³/mol. The summed E-state index contributed by atoms with van der Waals surface area (Å²) in [5.41, 5.74) is 0.184.